The fraction of sp³-hybridized carbons (Fsp3) is 0.176. The van der Waals surface area contributed by atoms with E-state index in [4.69, 9.17) is 27.9 Å². The first-order valence-corrected chi connectivity index (χ1v) is 8.35. The van der Waals surface area contributed by atoms with Gasteiger partial charge in [-0.25, -0.2) is 0 Å². The molecule has 7 nitrogen and oxygen atoms in total. The van der Waals surface area contributed by atoms with Gasteiger partial charge in [-0.15, -0.1) is 0 Å². The van der Waals surface area contributed by atoms with Crippen molar-refractivity contribution in [3.8, 4) is 0 Å². The van der Waals surface area contributed by atoms with Gasteiger partial charge in [-0.2, -0.15) is 5.10 Å². The molecule has 1 N–H and O–H groups in total. The Morgan fingerprint density at radius 1 is 1.23 bits per heavy atom. The topological polar surface area (TPSA) is 93.8 Å². The molecule has 0 saturated carbocycles. The minimum Gasteiger partial charge on any atom is -0.466 e. The molecule has 0 unspecified atom stereocenters. The molecule has 136 valence electrons. The lowest BCUT2D eigenvalue weighted by Crippen LogP contribution is -2.14. The monoisotopic (exact) mass is 395 g/mol. The molecule has 0 saturated heterocycles. The number of rotatable bonds is 7. The maximum atomic E-state index is 11.8. The number of anilines is 1. The Hall–Kier alpha value is -2.64. The van der Waals surface area contributed by atoms with Gasteiger partial charge >= 0.3 is 5.97 Å². The van der Waals surface area contributed by atoms with Crippen LogP contribution in [-0.2, 0) is 9.53 Å². The molecule has 2 rings (SSSR count). The molecule has 9 heteroatoms. The second kappa shape index (κ2) is 9.17. The number of hydrogen-bond acceptors (Lipinski definition) is 6. The SMILES string of the molecule is CCOC(=O)C/C(=N/Nc1cc(Cl)c(Cl)cc1[N+](=O)[O-])c1ccccc1. The van der Waals surface area contributed by atoms with Crippen molar-refractivity contribution in [3.05, 3.63) is 68.2 Å². The quantitative estimate of drug-likeness (QED) is 0.318. The maximum absolute atomic E-state index is 11.8. The predicted octanol–water partition coefficient (Wildman–Crippen LogP) is 4.67. The van der Waals surface area contributed by atoms with E-state index in [0.717, 1.165) is 6.07 Å². The largest absolute Gasteiger partial charge is 0.466 e. The first kappa shape index (κ1) is 19.7. The Labute approximate surface area is 159 Å². The van der Waals surface area contributed by atoms with Gasteiger partial charge in [0.25, 0.3) is 5.69 Å². The summed E-state index contributed by atoms with van der Waals surface area (Å²) in [5.74, 6) is -0.458. The predicted molar refractivity (Wildman–Crippen MR) is 101 cm³/mol. The van der Waals surface area contributed by atoms with Crippen LogP contribution in [0.2, 0.25) is 10.0 Å². The van der Waals surface area contributed by atoms with Crippen molar-refractivity contribution in [1.29, 1.82) is 0 Å². The van der Waals surface area contributed by atoms with Crippen LogP contribution in [0.5, 0.6) is 0 Å². The zero-order valence-electron chi connectivity index (χ0n) is 13.7. The Morgan fingerprint density at radius 2 is 1.88 bits per heavy atom. The number of ether oxygens (including phenoxy) is 1. The second-order valence-electron chi connectivity index (χ2n) is 5.06. The molecule has 0 bridgehead atoms. The summed E-state index contributed by atoms with van der Waals surface area (Å²) in [6.07, 6.45) is -0.0972. The number of carbonyl (C=O) groups excluding carboxylic acids is 1. The molecule has 0 spiro atoms. The highest BCUT2D eigenvalue weighted by atomic mass is 35.5. The minimum absolute atomic E-state index is 0.0571. The standard InChI is InChI=1S/C17H15Cl2N3O4/c1-2-26-17(23)10-14(11-6-4-3-5-7-11)20-21-15-8-12(18)13(19)9-16(15)22(24)25/h3-9,21H,2,10H2,1H3/b20-14-. The zero-order valence-corrected chi connectivity index (χ0v) is 15.3. The highest BCUT2D eigenvalue weighted by Crippen LogP contribution is 2.34. The molecule has 0 aliphatic heterocycles. The Kier molecular flexibility index (Phi) is 6.94. The molecular weight excluding hydrogens is 381 g/mol. The van der Waals surface area contributed by atoms with Gasteiger partial charge in [0, 0.05) is 6.07 Å². The van der Waals surface area contributed by atoms with Gasteiger partial charge in [0.2, 0.25) is 0 Å². The number of carbonyl (C=O) groups is 1. The summed E-state index contributed by atoms with van der Waals surface area (Å²) >= 11 is 11.8. The number of hydrazone groups is 1. The van der Waals surface area contributed by atoms with Gasteiger partial charge in [-0.1, -0.05) is 53.5 Å². The lowest BCUT2D eigenvalue weighted by molar-refractivity contribution is -0.383. The molecule has 0 atom stereocenters. The fourth-order valence-corrected chi connectivity index (χ4v) is 2.41. The van der Waals surface area contributed by atoms with Gasteiger partial charge < -0.3 is 4.74 Å². The van der Waals surface area contributed by atoms with E-state index in [1.54, 1.807) is 31.2 Å². The van der Waals surface area contributed by atoms with Crippen LogP contribution >= 0.6 is 23.2 Å². The summed E-state index contributed by atoms with van der Waals surface area (Å²) in [7, 11) is 0. The van der Waals surface area contributed by atoms with Crippen LogP contribution in [0.4, 0.5) is 11.4 Å². The normalized spacial score (nSPS) is 11.1. The van der Waals surface area contributed by atoms with E-state index in [9.17, 15) is 14.9 Å². The van der Waals surface area contributed by atoms with Crippen molar-refractivity contribution in [2.45, 2.75) is 13.3 Å². The molecule has 0 fully saturated rings. The number of nitro benzene ring substituents is 1. The molecule has 0 amide bonds. The maximum Gasteiger partial charge on any atom is 0.311 e. The average Bonchev–Trinajstić information content (AvgIpc) is 2.61. The summed E-state index contributed by atoms with van der Waals surface area (Å²) in [4.78, 5) is 22.4. The number of esters is 1. The van der Waals surface area contributed by atoms with Crippen molar-refractivity contribution in [2.75, 3.05) is 12.0 Å². The number of nitrogens with one attached hydrogen (secondary N) is 1. The average molecular weight is 396 g/mol. The van der Waals surface area contributed by atoms with Crippen LogP contribution in [0.3, 0.4) is 0 Å². The molecule has 26 heavy (non-hydrogen) atoms. The molecule has 0 heterocycles. The molecule has 0 aliphatic rings. The second-order valence-corrected chi connectivity index (χ2v) is 5.87. The van der Waals surface area contributed by atoms with Crippen molar-refractivity contribution >= 4 is 46.3 Å². The number of halogens is 2. The third kappa shape index (κ3) is 5.18. The van der Waals surface area contributed by atoms with Crippen LogP contribution in [-0.4, -0.2) is 23.2 Å². The van der Waals surface area contributed by atoms with Crippen molar-refractivity contribution in [2.24, 2.45) is 5.10 Å². The Balaban J connectivity index is 2.37. The number of nitro groups is 1. The van der Waals surface area contributed by atoms with Crippen LogP contribution in [0.15, 0.2) is 47.6 Å². The Bertz CT molecular complexity index is 841. The first-order chi connectivity index (χ1) is 12.4. The number of benzene rings is 2. The highest BCUT2D eigenvalue weighted by molar-refractivity contribution is 6.42. The van der Waals surface area contributed by atoms with Crippen molar-refractivity contribution in [1.82, 2.24) is 0 Å². The van der Waals surface area contributed by atoms with E-state index >= 15 is 0 Å². The Morgan fingerprint density at radius 3 is 2.50 bits per heavy atom. The van der Waals surface area contributed by atoms with Gasteiger partial charge in [0.05, 0.1) is 33.7 Å². The van der Waals surface area contributed by atoms with E-state index < -0.39 is 10.9 Å². The number of nitrogens with zero attached hydrogens (tertiary/aromatic N) is 2. The smallest absolute Gasteiger partial charge is 0.311 e. The highest BCUT2D eigenvalue weighted by Gasteiger charge is 2.18. The minimum atomic E-state index is -0.604. The summed E-state index contributed by atoms with van der Waals surface area (Å²) < 4.78 is 4.95. The lowest BCUT2D eigenvalue weighted by atomic mass is 10.1. The van der Waals surface area contributed by atoms with E-state index in [-0.39, 0.29) is 34.4 Å². The van der Waals surface area contributed by atoms with Gasteiger partial charge in [-0.05, 0) is 18.6 Å². The van der Waals surface area contributed by atoms with Gasteiger partial charge in [0.1, 0.15) is 5.69 Å². The summed E-state index contributed by atoms with van der Waals surface area (Å²) in [6, 6.07) is 11.4. The van der Waals surface area contributed by atoms with Crippen molar-refractivity contribution in [3.63, 3.8) is 0 Å². The van der Waals surface area contributed by atoms with Crippen LogP contribution in [0, 0.1) is 10.1 Å². The van der Waals surface area contributed by atoms with Crippen molar-refractivity contribution < 1.29 is 14.5 Å². The zero-order chi connectivity index (χ0) is 19.1. The fourth-order valence-electron chi connectivity index (χ4n) is 2.09. The van der Waals surface area contributed by atoms with Crippen LogP contribution in [0.25, 0.3) is 0 Å². The summed E-state index contributed by atoms with van der Waals surface area (Å²) in [6.45, 7) is 1.95. The van der Waals surface area contributed by atoms with Gasteiger partial charge in [0.15, 0.2) is 0 Å². The molecule has 2 aromatic rings. The lowest BCUT2D eigenvalue weighted by Gasteiger charge is -2.09. The molecule has 0 radical (unpaired) electrons. The summed E-state index contributed by atoms with van der Waals surface area (Å²) in [5, 5.41) is 15.6. The number of hydrogen-bond donors (Lipinski definition) is 1. The van der Waals surface area contributed by atoms with E-state index in [1.807, 2.05) is 6.07 Å². The van der Waals surface area contributed by atoms with E-state index in [0.29, 0.717) is 11.3 Å². The summed E-state index contributed by atoms with van der Waals surface area (Å²) in [5.41, 5.74) is 3.42. The molecule has 0 aromatic heterocycles. The van der Waals surface area contributed by atoms with E-state index in [2.05, 4.69) is 10.5 Å². The van der Waals surface area contributed by atoms with Gasteiger partial charge in [-0.3, -0.25) is 20.3 Å². The third-order valence-electron chi connectivity index (χ3n) is 3.27. The molecule has 0 aliphatic carbocycles. The van der Waals surface area contributed by atoms with E-state index in [1.165, 1.54) is 6.07 Å². The molecule has 2 aromatic carbocycles. The first-order valence-electron chi connectivity index (χ1n) is 7.59. The van der Waals surface area contributed by atoms with Crippen LogP contribution < -0.4 is 5.43 Å². The third-order valence-corrected chi connectivity index (χ3v) is 3.99. The van der Waals surface area contributed by atoms with Crippen LogP contribution in [0.1, 0.15) is 18.9 Å². The molecular formula is C17H15Cl2N3O4.